The highest BCUT2D eigenvalue weighted by Crippen LogP contribution is 2.03. The topological polar surface area (TPSA) is 137 Å². The largest absolute Gasteiger partial charge is 0.350 e. The van der Waals surface area contributed by atoms with Crippen molar-refractivity contribution in [3.63, 3.8) is 0 Å². The molecular formula is C17H31N5O5. The monoisotopic (exact) mass is 385 g/mol. The number of hydrogen-bond acceptors (Lipinski definition) is 7. The molecule has 4 amide bonds. The number of rotatable bonds is 10. The van der Waals surface area contributed by atoms with Gasteiger partial charge in [-0.25, -0.2) is 0 Å². The third-order valence-electron chi connectivity index (χ3n) is 2.91. The van der Waals surface area contributed by atoms with Crippen molar-refractivity contribution in [2.24, 2.45) is 0 Å². The third kappa shape index (κ3) is 15.4. The van der Waals surface area contributed by atoms with E-state index in [1.54, 1.807) is 6.92 Å². The molecule has 0 aliphatic carbocycles. The molecule has 1 unspecified atom stereocenters. The predicted molar refractivity (Wildman–Crippen MR) is 102 cm³/mol. The Hall–Kier alpha value is -2.59. The highest BCUT2D eigenvalue weighted by molar-refractivity contribution is 6.12. The Bertz CT molecular complexity index is 474. The van der Waals surface area contributed by atoms with Crippen LogP contribution in [0.3, 0.4) is 0 Å². The minimum atomic E-state index is -0.504. The van der Waals surface area contributed by atoms with Gasteiger partial charge < -0.3 is 26.1 Å². The van der Waals surface area contributed by atoms with E-state index in [-0.39, 0.29) is 24.3 Å². The van der Waals surface area contributed by atoms with Gasteiger partial charge in [0.05, 0.1) is 12.6 Å². The summed E-state index contributed by atoms with van der Waals surface area (Å²) in [6.07, 6.45) is 4.46. The van der Waals surface area contributed by atoms with Crippen LogP contribution in [0.5, 0.6) is 0 Å². The van der Waals surface area contributed by atoms with Crippen LogP contribution in [0, 0.1) is 0 Å². The van der Waals surface area contributed by atoms with Gasteiger partial charge in [-0.05, 0) is 27.4 Å². The van der Waals surface area contributed by atoms with Crippen LogP contribution in [0.2, 0.25) is 0 Å². The maximum atomic E-state index is 10.8. The number of likely N-dealkylation sites (N-methyl/N-ethyl adjacent to an activating group) is 2. The molecule has 0 aromatic heterocycles. The molecule has 0 fully saturated rings. The Kier molecular flexibility index (Phi) is 18.0. The van der Waals surface area contributed by atoms with Crippen molar-refractivity contribution in [2.75, 3.05) is 40.3 Å². The summed E-state index contributed by atoms with van der Waals surface area (Å²) in [5, 5.41) is 10.5. The van der Waals surface area contributed by atoms with Gasteiger partial charge in [0.2, 0.25) is 12.3 Å². The number of nitrogens with zero attached hydrogens (tertiary/aromatic N) is 1. The lowest BCUT2D eigenvalue weighted by molar-refractivity contribution is -0.136. The molecule has 154 valence electrons. The molecule has 0 spiro atoms. The van der Waals surface area contributed by atoms with Gasteiger partial charge in [-0.2, -0.15) is 0 Å². The molecule has 1 aliphatic rings. The van der Waals surface area contributed by atoms with Crippen LogP contribution >= 0.6 is 0 Å². The number of carbonyl (C=O) groups excluding carboxylic acids is 5. The molecule has 10 heteroatoms. The summed E-state index contributed by atoms with van der Waals surface area (Å²) in [6.45, 7) is 6.02. The fourth-order valence-corrected chi connectivity index (χ4v) is 1.60. The molecule has 1 aliphatic heterocycles. The number of aldehydes is 1. The lowest BCUT2D eigenvalue weighted by Gasteiger charge is -2.10. The lowest BCUT2D eigenvalue weighted by Crippen LogP contribution is -2.39. The number of imide groups is 1. The zero-order chi connectivity index (χ0) is 21.1. The number of amides is 4. The van der Waals surface area contributed by atoms with Crippen molar-refractivity contribution in [3.8, 4) is 0 Å². The quantitative estimate of drug-likeness (QED) is 0.197. The Balaban J connectivity index is 0. The Morgan fingerprint density at radius 1 is 1.11 bits per heavy atom. The first-order valence-electron chi connectivity index (χ1n) is 8.62. The van der Waals surface area contributed by atoms with Crippen LogP contribution < -0.4 is 21.3 Å². The van der Waals surface area contributed by atoms with E-state index in [0.29, 0.717) is 19.2 Å². The molecule has 1 atom stereocenters. The lowest BCUT2D eigenvalue weighted by atomic mass is 10.4. The van der Waals surface area contributed by atoms with Gasteiger partial charge in [0.1, 0.15) is 6.29 Å². The van der Waals surface area contributed by atoms with Gasteiger partial charge in [-0.15, -0.1) is 0 Å². The van der Waals surface area contributed by atoms with Gasteiger partial charge >= 0.3 is 0 Å². The Morgan fingerprint density at radius 2 is 1.63 bits per heavy atom. The summed E-state index contributed by atoms with van der Waals surface area (Å²) < 4.78 is 0. The molecule has 4 N–H and O–H groups in total. The van der Waals surface area contributed by atoms with Crippen molar-refractivity contribution in [2.45, 2.75) is 26.3 Å². The van der Waals surface area contributed by atoms with E-state index in [4.69, 9.17) is 0 Å². The summed E-state index contributed by atoms with van der Waals surface area (Å²) >= 11 is 0. The van der Waals surface area contributed by atoms with Gasteiger partial charge in [-0.3, -0.25) is 24.1 Å². The van der Waals surface area contributed by atoms with Crippen LogP contribution in [-0.4, -0.2) is 81.6 Å². The summed E-state index contributed by atoms with van der Waals surface area (Å²) in [4.78, 5) is 53.2. The molecule has 27 heavy (non-hydrogen) atoms. The molecule has 0 saturated carbocycles. The summed E-state index contributed by atoms with van der Waals surface area (Å²) in [7, 11) is 3.88. The van der Waals surface area contributed by atoms with Gasteiger partial charge in [-0.1, -0.05) is 6.92 Å². The molecule has 10 nitrogen and oxygen atoms in total. The minimum Gasteiger partial charge on any atom is -0.350 e. The maximum Gasteiger partial charge on any atom is 0.253 e. The normalized spacial score (nSPS) is 13.0. The van der Waals surface area contributed by atoms with Crippen LogP contribution in [0.15, 0.2) is 12.2 Å². The smallest absolute Gasteiger partial charge is 0.253 e. The van der Waals surface area contributed by atoms with Crippen molar-refractivity contribution in [1.29, 1.82) is 0 Å². The van der Waals surface area contributed by atoms with Crippen molar-refractivity contribution in [1.82, 2.24) is 26.2 Å². The number of nitrogens with one attached hydrogen (secondary N) is 4. The molecule has 1 heterocycles. The minimum absolute atomic E-state index is 0.0956. The average molecular weight is 385 g/mol. The molecular weight excluding hydrogens is 354 g/mol. The van der Waals surface area contributed by atoms with E-state index in [1.165, 1.54) is 17.1 Å². The first-order chi connectivity index (χ1) is 12.9. The standard InChI is InChI=1S/C7H9NO2.C6H10N2O3.C4H12N2/c1-2-5-8-6(9)3-4-7(8)10;1-5(3-9)8-6(11)2-7-4-10;1-5-3-4-6-2/h3-4H,2,5H2,1H3;3-5H,2H2,1H3,(H,7,10)(H,8,11);5-6H,3-4H2,1-2H3. The number of hydrogen-bond donors (Lipinski definition) is 4. The zero-order valence-electron chi connectivity index (χ0n) is 16.4. The van der Waals surface area contributed by atoms with Crippen molar-refractivity contribution >= 4 is 30.4 Å². The Morgan fingerprint density at radius 3 is 2.00 bits per heavy atom. The molecule has 0 bridgehead atoms. The highest BCUT2D eigenvalue weighted by Gasteiger charge is 2.21. The van der Waals surface area contributed by atoms with Crippen LogP contribution in [0.1, 0.15) is 20.3 Å². The SMILES string of the molecule is CC(C=O)NC(=O)CNC=O.CCCN1C(=O)C=CC1=O.CNCCNC. The van der Waals surface area contributed by atoms with Gasteiger partial charge in [0, 0.05) is 31.8 Å². The predicted octanol–water partition coefficient (Wildman–Crippen LogP) is -1.82. The van der Waals surface area contributed by atoms with E-state index in [0.717, 1.165) is 19.5 Å². The van der Waals surface area contributed by atoms with E-state index in [9.17, 15) is 24.0 Å². The van der Waals surface area contributed by atoms with Gasteiger partial charge in [0.25, 0.3) is 11.8 Å². The van der Waals surface area contributed by atoms with E-state index < -0.39 is 6.04 Å². The average Bonchev–Trinajstić information content (AvgIpc) is 2.98. The molecule has 0 aromatic rings. The van der Waals surface area contributed by atoms with E-state index in [1.807, 2.05) is 21.0 Å². The van der Waals surface area contributed by atoms with E-state index in [2.05, 4.69) is 21.3 Å². The second-order valence-electron chi connectivity index (χ2n) is 5.36. The second kappa shape index (κ2) is 18.2. The summed E-state index contributed by atoms with van der Waals surface area (Å²) in [5.74, 6) is -0.754. The fraction of sp³-hybridized carbons (Fsp3) is 0.588. The van der Waals surface area contributed by atoms with Gasteiger partial charge in [0.15, 0.2) is 0 Å². The number of carbonyl (C=O) groups is 5. The first-order valence-corrected chi connectivity index (χ1v) is 8.62. The zero-order valence-corrected chi connectivity index (χ0v) is 16.4. The van der Waals surface area contributed by atoms with Crippen molar-refractivity contribution in [3.05, 3.63) is 12.2 Å². The van der Waals surface area contributed by atoms with Crippen LogP contribution in [0.25, 0.3) is 0 Å². The highest BCUT2D eigenvalue weighted by atomic mass is 16.2. The van der Waals surface area contributed by atoms with Crippen LogP contribution in [0.4, 0.5) is 0 Å². The summed E-state index contributed by atoms with van der Waals surface area (Å²) in [6, 6.07) is -0.504. The first kappa shape index (κ1) is 26.6. The summed E-state index contributed by atoms with van der Waals surface area (Å²) in [5.41, 5.74) is 0. The third-order valence-corrected chi connectivity index (χ3v) is 2.91. The molecule has 0 radical (unpaired) electrons. The molecule has 1 rings (SSSR count). The maximum absolute atomic E-state index is 10.8. The molecule has 0 saturated heterocycles. The van der Waals surface area contributed by atoms with Crippen molar-refractivity contribution < 1.29 is 24.0 Å². The fourth-order valence-electron chi connectivity index (χ4n) is 1.60. The van der Waals surface area contributed by atoms with Crippen LogP contribution in [-0.2, 0) is 24.0 Å². The molecule has 0 aromatic carbocycles. The second-order valence-corrected chi connectivity index (χ2v) is 5.36. The van der Waals surface area contributed by atoms with E-state index >= 15 is 0 Å². The Labute approximate surface area is 160 Å².